The van der Waals surface area contributed by atoms with Crippen molar-refractivity contribution in [2.75, 3.05) is 5.32 Å². The molecule has 0 unspecified atom stereocenters. The average molecular weight is 450 g/mol. The zero-order valence-electron chi connectivity index (χ0n) is 17.1. The molecule has 1 aromatic heterocycles. The van der Waals surface area contributed by atoms with Crippen LogP contribution in [0.3, 0.4) is 0 Å². The van der Waals surface area contributed by atoms with Crippen molar-refractivity contribution in [2.24, 2.45) is 5.92 Å². The van der Waals surface area contributed by atoms with Gasteiger partial charge in [-0.1, -0.05) is 37.0 Å². The van der Waals surface area contributed by atoms with Crippen LogP contribution in [0.15, 0.2) is 33.9 Å². The van der Waals surface area contributed by atoms with Crippen LogP contribution in [0.25, 0.3) is 5.69 Å². The number of H-pyrrole nitrogens is 1. The van der Waals surface area contributed by atoms with Gasteiger partial charge in [0.2, 0.25) is 11.4 Å². The summed E-state index contributed by atoms with van der Waals surface area (Å²) < 4.78 is 44.1. The second-order valence-corrected chi connectivity index (χ2v) is 8.18. The number of alkyl halides is 3. The molecule has 4 rings (SSSR count). The molecule has 0 saturated heterocycles. The first kappa shape index (κ1) is 21.8. The standard InChI is InChI=1S/C21H21F3N4O4/c1-11-7-9-13(10-8-11)28-15-14(17(30)26-19(28)32)20(18(31)25-15,21(22,23)24)27-16(29)12-5-3-2-4-6-12/h7-10,12H,2-6H2,1H3,(H,25,31)(H,27,29)(H,26,30,32)/t20-/m0/s1. The molecule has 2 aromatic rings. The molecule has 1 fully saturated rings. The second kappa shape index (κ2) is 7.64. The molecule has 8 nitrogen and oxygen atoms in total. The second-order valence-electron chi connectivity index (χ2n) is 8.18. The smallest absolute Gasteiger partial charge is 0.330 e. The van der Waals surface area contributed by atoms with E-state index in [1.165, 1.54) is 12.1 Å². The van der Waals surface area contributed by atoms with Crippen LogP contribution in [0.2, 0.25) is 0 Å². The molecular weight excluding hydrogens is 429 g/mol. The van der Waals surface area contributed by atoms with Gasteiger partial charge in [-0.3, -0.25) is 19.4 Å². The number of rotatable bonds is 3. The number of aromatic nitrogens is 2. The molecule has 0 radical (unpaired) electrons. The van der Waals surface area contributed by atoms with Crippen molar-refractivity contribution >= 4 is 17.6 Å². The quantitative estimate of drug-likeness (QED) is 0.666. The maximum Gasteiger partial charge on any atom is 0.425 e. The van der Waals surface area contributed by atoms with E-state index in [1.807, 2.05) is 15.6 Å². The molecule has 1 saturated carbocycles. The highest BCUT2D eigenvalue weighted by Gasteiger charge is 2.68. The van der Waals surface area contributed by atoms with Gasteiger partial charge in [0, 0.05) is 5.92 Å². The lowest BCUT2D eigenvalue weighted by atomic mass is 9.86. The van der Waals surface area contributed by atoms with Crippen molar-refractivity contribution in [1.82, 2.24) is 14.9 Å². The molecule has 3 N–H and O–H groups in total. The summed E-state index contributed by atoms with van der Waals surface area (Å²) in [6.07, 6.45) is -2.29. The number of carbonyl (C=O) groups excluding carboxylic acids is 2. The normalized spacial score (nSPS) is 21.2. The molecule has 0 bridgehead atoms. The third-order valence-electron chi connectivity index (χ3n) is 6.06. The number of amides is 2. The SMILES string of the molecule is Cc1ccc(-n2c3c(c(=O)[nH]c2=O)[C@@](NC(=O)C2CCCCC2)(C(F)(F)F)C(=O)N3)cc1. The lowest BCUT2D eigenvalue weighted by Gasteiger charge is -2.32. The van der Waals surface area contributed by atoms with E-state index in [-0.39, 0.29) is 5.69 Å². The highest BCUT2D eigenvalue weighted by atomic mass is 19.4. The Hall–Kier alpha value is -3.37. The van der Waals surface area contributed by atoms with Gasteiger partial charge >= 0.3 is 11.9 Å². The van der Waals surface area contributed by atoms with Crippen LogP contribution < -0.4 is 21.9 Å². The number of hydrogen-bond acceptors (Lipinski definition) is 4. The molecule has 2 heterocycles. The summed E-state index contributed by atoms with van der Waals surface area (Å²) in [7, 11) is 0. The zero-order chi connectivity index (χ0) is 23.3. The number of halogens is 3. The van der Waals surface area contributed by atoms with Crippen molar-refractivity contribution < 1.29 is 22.8 Å². The van der Waals surface area contributed by atoms with Gasteiger partial charge in [0.15, 0.2) is 0 Å². The fourth-order valence-corrected chi connectivity index (χ4v) is 4.37. The van der Waals surface area contributed by atoms with Crippen LogP contribution >= 0.6 is 0 Å². The number of aromatic amines is 1. The minimum Gasteiger partial charge on any atom is -0.330 e. The highest BCUT2D eigenvalue weighted by Crippen LogP contribution is 2.45. The predicted octanol–water partition coefficient (Wildman–Crippen LogP) is 2.24. The number of fused-ring (bicyclic) bond motifs is 1. The van der Waals surface area contributed by atoms with Crippen molar-refractivity contribution in [3.63, 3.8) is 0 Å². The van der Waals surface area contributed by atoms with Gasteiger partial charge in [0.05, 0.1) is 5.69 Å². The molecule has 0 spiro atoms. The Bertz CT molecular complexity index is 1190. The minimum absolute atomic E-state index is 0.144. The van der Waals surface area contributed by atoms with Crippen LogP contribution in [-0.2, 0) is 15.1 Å². The fraction of sp³-hybridized carbons (Fsp3) is 0.429. The summed E-state index contributed by atoms with van der Waals surface area (Å²) in [5.41, 5.74) is -6.10. The summed E-state index contributed by atoms with van der Waals surface area (Å²) in [5.74, 6) is -3.89. The number of hydrogen-bond donors (Lipinski definition) is 3. The Kier molecular flexibility index (Phi) is 5.22. The van der Waals surface area contributed by atoms with E-state index >= 15 is 0 Å². The molecule has 1 atom stereocenters. The van der Waals surface area contributed by atoms with E-state index in [4.69, 9.17) is 0 Å². The molecule has 11 heteroatoms. The predicted molar refractivity (Wildman–Crippen MR) is 108 cm³/mol. The van der Waals surface area contributed by atoms with Crippen LogP contribution in [-0.4, -0.2) is 27.5 Å². The summed E-state index contributed by atoms with van der Waals surface area (Å²) in [5, 5.41) is 3.88. The number of benzene rings is 1. The molecule has 2 amide bonds. The van der Waals surface area contributed by atoms with Gasteiger partial charge < -0.3 is 10.6 Å². The van der Waals surface area contributed by atoms with Crippen LogP contribution in [0, 0.1) is 12.8 Å². The van der Waals surface area contributed by atoms with Gasteiger partial charge in [-0.2, -0.15) is 13.2 Å². The maximum absolute atomic E-state index is 14.4. The number of anilines is 1. The number of carbonyl (C=O) groups is 2. The van der Waals surface area contributed by atoms with Gasteiger partial charge in [-0.25, -0.2) is 9.36 Å². The van der Waals surface area contributed by atoms with Crippen molar-refractivity contribution in [3.8, 4) is 5.69 Å². The van der Waals surface area contributed by atoms with Crippen LogP contribution in [0.4, 0.5) is 19.0 Å². The lowest BCUT2D eigenvalue weighted by molar-refractivity contribution is -0.201. The van der Waals surface area contributed by atoms with Gasteiger partial charge in [-0.15, -0.1) is 0 Å². The first-order chi connectivity index (χ1) is 15.1. The number of nitrogens with one attached hydrogen (secondary N) is 3. The first-order valence-electron chi connectivity index (χ1n) is 10.2. The van der Waals surface area contributed by atoms with E-state index in [9.17, 15) is 32.3 Å². The Morgan fingerprint density at radius 1 is 1.09 bits per heavy atom. The molecule has 2 aliphatic rings. The van der Waals surface area contributed by atoms with Gasteiger partial charge in [0.25, 0.3) is 11.5 Å². The molecule has 170 valence electrons. The zero-order valence-corrected chi connectivity index (χ0v) is 17.1. The van der Waals surface area contributed by atoms with E-state index in [0.717, 1.165) is 16.6 Å². The van der Waals surface area contributed by atoms with Crippen LogP contribution in [0.5, 0.6) is 0 Å². The first-order valence-corrected chi connectivity index (χ1v) is 10.2. The summed E-state index contributed by atoms with van der Waals surface area (Å²) in [6.45, 7) is 1.78. The summed E-state index contributed by atoms with van der Waals surface area (Å²) >= 11 is 0. The number of aryl methyl sites for hydroxylation is 1. The summed E-state index contributed by atoms with van der Waals surface area (Å²) in [6, 6.07) is 6.18. The van der Waals surface area contributed by atoms with E-state index in [0.29, 0.717) is 25.7 Å². The Morgan fingerprint density at radius 2 is 1.72 bits per heavy atom. The van der Waals surface area contributed by atoms with Gasteiger partial charge in [-0.05, 0) is 31.9 Å². The van der Waals surface area contributed by atoms with Crippen LogP contribution in [0.1, 0.15) is 43.2 Å². The van der Waals surface area contributed by atoms with Crippen molar-refractivity contribution in [3.05, 3.63) is 56.2 Å². The van der Waals surface area contributed by atoms with E-state index < -0.39 is 52.1 Å². The Labute approximate surface area is 179 Å². The molecule has 1 aliphatic heterocycles. The van der Waals surface area contributed by atoms with Crippen molar-refractivity contribution in [2.45, 2.75) is 50.7 Å². The monoisotopic (exact) mass is 450 g/mol. The maximum atomic E-state index is 14.4. The molecule has 32 heavy (non-hydrogen) atoms. The Balaban J connectivity index is 1.92. The highest BCUT2D eigenvalue weighted by molar-refractivity contribution is 6.08. The van der Waals surface area contributed by atoms with E-state index in [1.54, 1.807) is 19.1 Å². The Morgan fingerprint density at radius 3 is 2.31 bits per heavy atom. The largest absolute Gasteiger partial charge is 0.425 e. The molecular formula is C21H21F3N4O4. The summed E-state index contributed by atoms with van der Waals surface area (Å²) in [4.78, 5) is 52.6. The average Bonchev–Trinajstić information content (AvgIpc) is 3.03. The third kappa shape index (κ3) is 3.32. The molecule has 1 aliphatic carbocycles. The van der Waals surface area contributed by atoms with Gasteiger partial charge in [0.1, 0.15) is 11.4 Å². The minimum atomic E-state index is -5.34. The fourth-order valence-electron chi connectivity index (χ4n) is 4.37. The topological polar surface area (TPSA) is 113 Å². The molecule has 1 aromatic carbocycles. The number of nitrogens with zero attached hydrogens (tertiary/aromatic N) is 1. The van der Waals surface area contributed by atoms with E-state index in [2.05, 4.69) is 0 Å². The third-order valence-corrected chi connectivity index (χ3v) is 6.06. The van der Waals surface area contributed by atoms with Crippen molar-refractivity contribution in [1.29, 1.82) is 0 Å². The lowest BCUT2D eigenvalue weighted by Crippen LogP contribution is -2.63.